The molecule has 5 heteroatoms. The Bertz CT molecular complexity index is 456. The summed E-state index contributed by atoms with van der Waals surface area (Å²) >= 11 is 0. The molecule has 0 saturated carbocycles. The van der Waals surface area contributed by atoms with Crippen molar-refractivity contribution in [3.8, 4) is 11.8 Å². The lowest BCUT2D eigenvalue weighted by Crippen LogP contribution is -2.14. The number of hydrogen-bond donors (Lipinski definition) is 1. The van der Waals surface area contributed by atoms with Crippen LogP contribution >= 0.6 is 0 Å². The first kappa shape index (κ1) is 14.2. The highest BCUT2D eigenvalue weighted by Gasteiger charge is 2.05. The fraction of sp³-hybridized carbons (Fsp3) is 0.385. The quantitative estimate of drug-likeness (QED) is 0.633. The average molecular weight is 249 g/mol. The molecule has 1 aromatic rings. The van der Waals surface area contributed by atoms with Crippen LogP contribution in [0.15, 0.2) is 18.3 Å². The molecule has 0 saturated heterocycles. The molecule has 0 aromatic carbocycles. The van der Waals surface area contributed by atoms with Crippen molar-refractivity contribution in [3.05, 3.63) is 29.6 Å². The van der Waals surface area contributed by atoms with Crippen LogP contribution in [0.2, 0.25) is 0 Å². The van der Waals surface area contributed by atoms with Gasteiger partial charge in [-0.1, -0.05) is 5.92 Å². The molecule has 0 radical (unpaired) electrons. The zero-order valence-electron chi connectivity index (χ0n) is 10.3. The molecule has 1 heterocycles. The largest absolute Gasteiger partial charge is 0.477 e. The van der Waals surface area contributed by atoms with Crippen LogP contribution in [0.5, 0.6) is 0 Å². The van der Waals surface area contributed by atoms with E-state index in [4.69, 9.17) is 14.6 Å². The minimum absolute atomic E-state index is 0.0360. The molecule has 5 nitrogen and oxygen atoms in total. The molecule has 96 valence electrons. The van der Waals surface area contributed by atoms with Crippen molar-refractivity contribution >= 4 is 5.97 Å². The second-order valence-corrected chi connectivity index (χ2v) is 3.25. The maximum Gasteiger partial charge on any atom is 0.354 e. The molecule has 18 heavy (non-hydrogen) atoms. The number of carboxylic acid groups (broad SMARTS) is 1. The predicted octanol–water partition coefficient (Wildman–Crippen LogP) is 1.53. The van der Waals surface area contributed by atoms with E-state index in [0.29, 0.717) is 18.8 Å². The third-order valence-electron chi connectivity index (χ3n) is 1.95. The zero-order chi connectivity index (χ0) is 13.4. The molecule has 0 aliphatic heterocycles. The first-order chi connectivity index (χ1) is 8.67. The Morgan fingerprint density at radius 2 is 2.11 bits per heavy atom. The maximum absolute atomic E-state index is 10.7. The molecule has 0 bridgehead atoms. The van der Waals surface area contributed by atoms with E-state index in [9.17, 15) is 4.79 Å². The van der Waals surface area contributed by atoms with Crippen molar-refractivity contribution in [3.63, 3.8) is 0 Å². The number of hydrogen-bond acceptors (Lipinski definition) is 4. The van der Waals surface area contributed by atoms with Gasteiger partial charge in [-0.05, 0) is 31.9 Å². The summed E-state index contributed by atoms with van der Waals surface area (Å²) in [5.41, 5.74) is 0.526. The Morgan fingerprint density at radius 1 is 1.44 bits per heavy atom. The number of aromatic nitrogens is 1. The van der Waals surface area contributed by atoms with Gasteiger partial charge in [-0.3, -0.25) is 0 Å². The number of carbonyl (C=O) groups is 1. The van der Waals surface area contributed by atoms with Crippen molar-refractivity contribution in [2.45, 2.75) is 20.1 Å². The first-order valence-corrected chi connectivity index (χ1v) is 5.61. The van der Waals surface area contributed by atoms with Crippen LogP contribution in [0.4, 0.5) is 0 Å². The van der Waals surface area contributed by atoms with E-state index in [0.717, 1.165) is 0 Å². The van der Waals surface area contributed by atoms with Gasteiger partial charge < -0.3 is 14.6 Å². The predicted molar refractivity (Wildman–Crippen MR) is 65.1 cm³/mol. The third kappa shape index (κ3) is 4.53. The summed E-state index contributed by atoms with van der Waals surface area (Å²) in [7, 11) is 0. The molecule has 0 fully saturated rings. The van der Waals surface area contributed by atoms with Gasteiger partial charge in [-0.15, -0.1) is 0 Å². The van der Waals surface area contributed by atoms with Gasteiger partial charge in [0, 0.05) is 25.0 Å². The maximum atomic E-state index is 10.7. The van der Waals surface area contributed by atoms with Crippen molar-refractivity contribution < 1.29 is 19.4 Å². The summed E-state index contributed by atoms with van der Waals surface area (Å²) < 4.78 is 10.5. The highest BCUT2D eigenvalue weighted by Crippen LogP contribution is 2.01. The van der Waals surface area contributed by atoms with Crippen LogP contribution in [0, 0.1) is 11.8 Å². The van der Waals surface area contributed by atoms with E-state index < -0.39 is 12.3 Å². The van der Waals surface area contributed by atoms with E-state index in [1.807, 2.05) is 13.8 Å². The number of aromatic carboxylic acids is 1. The average Bonchev–Trinajstić information content (AvgIpc) is 2.37. The molecule has 1 rings (SSSR count). The van der Waals surface area contributed by atoms with Gasteiger partial charge >= 0.3 is 5.97 Å². The fourth-order valence-corrected chi connectivity index (χ4v) is 1.20. The summed E-state index contributed by atoms with van der Waals surface area (Å²) in [4.78, 5) is 14.4. The van der Waals surface area contributed by atoms with Gasteiger partial charge in [-0.25, -0.2) is 9.78 Å². The lowest BCUT2D eigenvalue weighted by molar-refractivity contribution is -0.0969. The zero-order valence-corrected chi connectivity index (χ0v) is 10.3. The topological polar surface area (TPSA) is 68.7 Å². The fourth-order valence-electron chi connectivity index (χ4n) is 1.20. The Balaban J connectivity index is 2.82. The number of rotatable bonds is 5. The SMILES string of the molecule is CCOC(C#Cc1ccnc(C(=O)O)c1)OCC. The molecule has 0 amide bonds. The summed E-state index contributed by atoms with van der Waals surface area (Å²) in [6.45, 7) is 4.69. The van der Waals surface area contributed by atoms with Gasteiger partial charge in [0.25, 0.3) is 0 Å². The van der Waals surface area contributed by atoms with E-state index >= 15 is 0 Å². The molecule has 1 N–H and O–H groups in total. The van der Waals surface area contributed by atoms with Crippen molar-refractivity contribution in [1.82, 2.24) is 4.98 Å². The normalized spacial score (nSPS) is 9.94. The van der Waals surface area contributed by atoms with E-state index in [1.165, 1.54) is 12.3 Å². The van der Waals surface area contributed by atoms with Crippen molar-refractivity contribution in [2.75, 3.05) is 13.2 Å². The molecule has 0 spiro atoms. The molecule has 0 aliphatic rings. The van der Waals surface area contributed by atoms with Crippen LogP contribution in [0.25, 0.3) is 0 Å². The molecular weight excluding hydrogens is 234 g/mol. The van der Waals surface area contributed by atoms with E-state index in [2.05, 4.69) is 16.8 Å². The molecular formula is C13H15NO4. The highest BCUT2D eigenvalue weighted by molar-refractivity contribution is 5.85. The summed E-state index contributed by atoms with van der Waals surface area (Å²) in [6, 6.07) is 3.04. The lowest BCUT2D eigenvalue weighted by atomic mass is 10.2. The van der Waals surface area contributed by atoms with Crippen LogP contribution in [-0.2, 0) is 9.47 Å². The van der Waals surface area contributed by atoms with Gasteiger partial charge in [0.1, 0.15) is 5.69 Å². The van der Waals surface area contributed by atoms with Gasteiger partial charge in [0.05, 0.1) is 0 Å². The summed E-state index contributed by atoms with van der Waals surface area (Å²) in [5.74, 6) is 4.52. The van der Waals surface area contributed by atoms with Crippen LogP contribution in [0.3, 0.4) is 0 Å². The second-order valence-electron chi connectivity index (χ2n) is 3.25. The minimum atomic E-state index is -1.08. The van der Waals surface area contributed by atoms with Crippen LogP contribution in [-0.4, -0.2) is 35.6 Å². The van der Waals surface area contributed by atoms with Crippen molar-refractivity contribution in [2.24, 2.45) is 0 Å². The summed E-state index contributed by atoms with van der Waals surface area (Å²) in [5, 5.41) is 8.80. The standard InChI is InChI=1S/C13H15NO4/c1-3-17-12(18-4-2)6-5-10-7-8-14-11(9-10)13(15)16/h7-9,12H,3-4H2,1-2H3,(H,15,16). The molecule has 0 aliphatic carbocycles. The monoisotopic (exact) mass is 249 g/mol. The van der Waals surface area contributed by atoms with E-state index in [1.54, 1.807) is 6.07 Å². The minimum Gasteiger partial charge on any atom is -0.477 e. The first-order valence-electron chi connectivity index (χ1n) is 5.61. The van der Waals surface area contributed by atoms with Gasteiger partial charge in [-0.2, -0.15) is 0 Å². The Labute approximate surface area is 106 Å². The van der Waals surface area contributed by atoms with Gasteiger partial charge in [0.15, 0.2) is 0 Å². The number of carboxylic acids is 1. The third-order valence-corrected chi connectivity index (χ3v) is 1.95. The second kappa shape index (κ2) is 7.43. The number of ether oxygens (including phenoxy) is 2. The Hall–Kier alpha value is -1.90. The lowest BCUT2D eigenvalue weighted by Gasteiger charge is -2.09. The van der Waals surface area contributed by atoms with Crippen molar-refractivity contribution in [1.29, 1.82) is 0 Å². The van der Waals surface area contributed by atoms with Gasteiger partial charge in [0.2, 0.25) is 6.29 Å². The smallest absolute Gasteiger partial charge is 0.354 e. The molecule has 0 atom stereocenters. The van der Waals surface area contributed by atoms with E-state index in [-0.39, 0.29) is 5.69 Å². The number of nitrogens with zero attached hydrogens (tertiary/aromatic N) is 1. The summed E-state index contributed by atoms with van der Waals surface area (Å²) in [6.07, 6.45) is 0.811. The van der Waals surface area contributed by atoms with Crippen LogP contribution in [0.1, 0.15) is 29.9 Å². The van der Waals surface area contributed by atoms with Crippen LogP contribution < -0.4 is 0 Å². The molecule has 0 unspecified atom stereocenters. The highest BCUT2D eigenvalue weighted by atomic mass is 16.7. The Kier molecular flexibility index (Phi) is 5.85. The number of pyridine rings is 1. The Morgan fingerprint density at radius 3 is 2.67 bits per heavy atom. The molecule has 1 aromatic heterocycles.